The lowest BCUT2D eigenvalue weighted by Crippen LogP contribution is -2.47. The van der Waals surface area contributed by atoms with Crippen LogP contribution in [0.2, 0.25) is 0 Å². The molecule has 0 radical (unpaired) electrons. The highest BCUT2D eigenvalue weighted by Crippen LogP contribution is 2.31. The van der Waals surface area contributed by atoms with Crippen molar-refractivity contribution in [1.29, 1.82) is 0 Å². The molecule has 0 aromatic rings. The van der Waals surface area contributed by atoms with Gasteiger partial charge in [-0.25, -0.2) is 0 Å². The average molecular weight is 194 g/mol. The Morgan fingerprint density at radius 2 is 2.00 bits per heavy atom. The predicted molar refractivity (Wildman–Crippen MR) is 40.8 cm³/mol. The van der Waals surface area contributed by atoms with Crippen molar-refractivity contribution in [2.75, 3.05) is 20.3 Å². The standard InChI is InChI=1S/C7H14O6/c1-12-7(3-9)6(11)5(10)4(2-8)13-7/h4-6,8-11H,2-3H2,1H3/t4-,5+,6-,7+/m1/s1. The van der Waals surface area contributed by atoms with E-state index in [0.717, 1.165) is 0 Å². The first-order valence-corrected chi connectivity index (χ1v) is 3.92. The molecule has 6 heteroatoms. The SMILES string of the molecule is CO[C@@]1(CO)O[C@H](CO)[C@H](O)[C@H]1O. The first-order valence-electron chi connectivity index (χ1n) is 3.92. The van der Waals surface area contributed by atoms with Crippen molar-refractivity contribution in [2.45, 2.75) is 24.1 Å². The van der Waals surface area contributed by atoms with Crippen LogP contribution in [0, 0.1) is 0 Å². The highest BCUT2D eigenvalue weighted by atomic mass is 16.7. The molecule has 78 valence electrons. The summed E-state index contributed by atoms with van der Waals surface area (Å²) in [6.07, 6.45) is -3.54. The van der Waals surface area contributed by atoms with Gasteiger partial charge in [0.05, 0.1) is 6.61 Å². The first-order chi connectivity index (χ1) is 6.11. The maximum Gasteiger partial charge on any atom is 0.221 e. The predicted octanol–water partition coefficient (Wildman–Crippen LogP) is -2.57. The van der Waals surface area contributed by atoms with Gasteiger partial charge in [-0.15, -0.1) is 0 Å². The number of aliphatic hydroxyl groups excluding tert-OH is 4. The summed E-state index contributed by atoms with van der Waals surface area (Å²) in [7, 11) is 1.24. The summed E-state index contributed by atoms with van der Waals surface area (Å²) in [5.41, 5.74) is 0. The van der Waals surface area contributed by atoms with Crippen molar-refractivity contribution >= 4 is 0 Å². The lowest BCUT2D eigenvalue weighted by Gasteiger charge is -2.27. The van der Waals surface area contributed by atoms with E-state index in [-0.39, 0.29) is 0 Å². The van der Waals surface area contributed by atoms with Gasteiger partial charge in [-0.3, -0.25) is 0 Å². The zero-order chi connectivity index (χ0) is 10.1. The monoisotopic (exact) mass is 194 g/mol. The van der Waals surface area contributed by atoms with Crippen molar-refractivity contribution in [2.24, 2.45) is 0 Å². The summed E-state index contributed by atoms with van der Waals surface area (Å²) in [4.78, 5) is 0. The fourth-order valence-electron chi connectivity index (χ4n) is 1.37. The van der Waals surface area contributed by atoms with Crippen molar-refractivity contribution < 1.29 is 29.9 Å². The van der Waals surface area contributed by atoms with Crippen molar-refractivity contribution in [1.82, 2.24) is 0 Å². The quantitative estimate of drug-likeness (QED) is 0.394. The lowest BCUT2D eigenvalue weighted by molar-refractivity contribution is -0.263. The summed E-state index contributed by atoms with van der Waals surface area (Å²) in [6, 6.07) is 0. The van der Waals surface area contributed by atoms with E-state index >= 15 is 0 Å². The molecule has 1 rings (SSSR count). The molecule has 6 nitrogen and oxygen atoms in total. The minimum absolute atomic E-state index is 0.441. The van der Waals surface area contributed by atoms with E-state index in [1.807, 2.05) is 0 Å². The van der Waals surface area contributed by atoms with Crippen molar-refractivity contribution in [3.05, 3.63) is 0 Å². The Morgan fingerprint density at radius 3 is 2.23 bits per heavy atom. The molecule has 0 unspecified atom stereocenters. The molecule has 1 saturated heterocycles. The van der Waals surface area contributed by atoms with E-state index in [1.54, 1.807) is 0 Å². The number of methoxy groups -OCH3 is 1. The lowest BCUT2D eigenvalue weighted by atomic mass is 10.1. The summed E-state index contributed by atoms with van der Waals surface area (Å²) in [5.74, 6) is -1.62. The zero-order valence-electron chi connectivity index (χ0n) is 7.25. The third kappa shape index (κ3) is 1.56. The van der Waals surface area contributed by atoms with Crippen LogP contribution in [0.5, 0.6) is 0 Å². The van der Waals surface area contributed by atoms with Gasteiger partial charge in [0, 0.05) is 7.11 Å². The zero-order valence-corrected chi connectivity index (χ0v) is 7.25. The molecule has 0 bridgehead atoms. The van der Waals surface area contributed by atoms with Crippen molar-refractivity contribution in [3.8, 4) is 0 Å². The van der Waals surface area contributed by atoms with Crippen LogP contribution in [-0.2, 0) is 9.47 Å². The highest BCUT2D eigenvalue weighted by Gasteiger charge is 2.54. The third-order valence-electron chi connectivity index (χ3n) is 2.25. The van der Waals surface area contributed by atoms with Gasteiger partial charge in [0.1, 0.15) is 24.9 Å². The van der Waals surface area contributed by atoms with Crippen LogP contribution in [-0.4, -0.2) is 64.8 Å². The van der Waals surface area contributed by atoms with Crippen molar-refractivity contribution in [3.63, 3.8) is 0 Å². The molecule has 1 aliphatic rings. The molecule has 1 fully saturated rings. The van der Waals surface area contributed by atoms with Gasteiger partial charge >= 0.3 is 0 Å². The second-order valence-electron chi connectivity index (χ2n) is 2.95. The van der Waals surface area contributed by atoms with Gasteiger partial charge in [0.15, 0.2) is 0 Å². The molecular formula is C7H14O6. The fraction of sp³-hybridized carbons (Fsp3) is 1.00. The van der Waals surface area contributed by atoms with Gasteiger partial charge in [-0.1, -0.05) is 0 Å². The van der Waals surface area contributed by atoms with E-state index in [1.165, 1.54) is 7.11 Å². The minimum atomic E-state index is -1.62. The fourth-order valence-corrected chi connectivity index (χ4v) is 1.37. The van der Waals surface area contributed by atoms with Gasteiger partial charge in [0.2, 0.25) is 5.79 Å². The number of hydrogen-bond donors (Lipinski definition) is 4. The Morgan fingerprint density at radius 1 is 1.38 bits per heavy atom. The normalized spacial score (nSPS) is 45.5. The number of aliphatic hydroxyl groups is 4. The van der Waals surface area contributed by atoms with Crippen LogP contribution in [0.1, 0.15) is 0 Å². The molecule has 4 atom stereocenters. The largest absolute Gasteiger partial charge is 0.394 e. The summed E-state index contributed by atoms with van der Waals surface area (Å²) < 4.78 is 9.77. The van der Waals surface area contributed by atoms with Crippen LogP contribution in [0.25, 0.3) is 0 Å². The van der Waals surface area contributed by atoms with Crippen LogP contribution in [0.4, 0.5) is 0 Å². The summed E-state index contributed by atoms with van der Waals surface area (Å²) >= 11 is 0. The van der Waals surface area contributed by atoms with Crippen LogP contribution in [0.3, 0.4) is 0 Å². The Balaban J connectivity index is 2.79. The molecule has 0 saturated carbocycles. The van der Waals surface area contributed by atoms with E-state index in [0.29, 0.717) is 0 Å². The number of hydrogen-bond acceptors (Lipinski definition) is 6. The van der Waals surface area contributed by atoms with E-state index < -0.39 is 37.3 Å². The Labute approximate surface area is 75.3 Å². The summed E-state index contributed by atoms with van der Waals surface area (Å²) in [6.45, 7) is -1.03. The smallest absolute Gasteiger partial charge is 0.221 e. The van der Waals surface area contributed by atoms with Gasteiger partial charge in [0.25, 0.3) is 0 Å². The second-order valence-corrected chi connectivity index (χ2v) is 2.95. The number of rotatable bonds is 3. The van der Waals surface area contributed by atoms with Crippen LogP contribution < -0.4 is 0 Å². The second kappa shape index (κ2) is 3.87. The van der Waals surface area contributed by atoms with E-state index in [2.05, 4.69) is 0 Å². The molecule has 0 aliphatic carbocycles. The molecule has 0 aromatic carbocycles. The maximum absolute atomic E-state index is 9.44. The van der Waals surface area contributed by atoms with Gasteiger partial charge < -0.3 is 29.9 Å². The molecule has 0 aromatic heterocycles. The molecule has 0 spiro atoms. The van der Waals surface area contributed by atoms with Crippen LogP contribution in [0.15, 0.2) is 0 Å². The summed E-state index contributed by atoms with van der Waals surface area (Å²) in [5, 5.41) is 36.4. The molecule has 1 heterocycles. The molecule has 1 aliphatic heterocycles. The topological polar surface area (TPSA) is 99.4 Å². The van der Waals surface area contributed by atoms with Gasteiger partial charge in [-0.2, -0.15) is 0 Å². The van der Waals surface area contributed by atoms with E-state index in [4.69, 9.17) is 19.7 Å². The number of ether oxygens (including phenoxy) is 2. The van der Waals surface area contributed by atoms with Gasteiger partial charge in [-0.05, 0) is 0 Å². The molecular weight excluding hydrogens is 180 g/mol. The molecule has 0 amide bonds. The Hall–Kier alpha value is -0.240. The molecule has 13 heavy (non-hydrogen) atoms. The third-order valence-corrected chi connectivity index (χ3v) is 2.25. The van der Waals surface area contributed by atoms with E-state index in [9.17, 15) is 10.2 Å². The Kier molecular flexibility index (Phi) is 3.23. The minimum Gasteiger partial charge on any atom is -0.394 e. The average Bonchev–Trinajstić information content (AvgIpc) is 2.42. The van der Waals surface area contributed by atoms with Crippen LogP contribution >= 0.6 is 0 Å². The molecule has 4 N–H and O–H groups in total. The maximum atomic E-state index is 9.44. The Bertz CT molecular complexity index is 168. The first kappa shape index (κ1) is 10.8. The highest BCUT2D eigenvalue weighted by molar-refractivity contribution is 4.95.